The fourth-order valence-corrected chi connectivity index (χ4v) is 1.99. The maximum absolute atomic E-state index is 5.34. The smallest absolute Gasteiger partial charge is 0.0184 e. The highest BCUT2D eigenvalue weighted by molar-refractivity contribution is 5.85. The van der Waals surface area contributed by atoms with Crippen LogP contribution in [-0.4, -0.2) is 6.04 Å². The molecule has 1 atom stereocenters. The molecule has 74 valence electrons. The molecular formula is C9H21ClN2. The molecule has 0 radical (unpaired) electrons. The summed E-state index contributed by atoms with van der Waals surface area (Å²) in [5.74, 6) is 6.28. The number of nitrogens with two attached hydrogens (primary N) is 1. The molecule has 0 spiro atoms. The van der Waals surface area contributed by atoms with Gasteiger partial charge in [0, 0.05) is 6.04 Å². The quantitative estimate of drug-likeness (QED) is 0.532. The van der Waals surface area contributed by atoms with Crippen molar-refractivity contribution in [3.8, 4) is 0 Å². The van der Waals surface area contributed by atoms with E-state index in [1.807, 2.05) is 0 Å². The molecule has 12 heavy (non-hydrogen) atoms. The Bertz CT molecular complexity index is 103. The number of nitrogens with one attached hydrogen (secondary N) is 1. The van der Waals surface area contributed by atoms with E-state index in [9.17, 15) is 0 Å². The fourth-order valence-electron chi connectivity index (χ4n) is 1.99. The lowest BCUT2D eigenvalue weighted by atomic mass is 9.85. The van der Waals surface area contributed by atoms with Gasteiger partial charge in [-0.2, -0.15) is 0 Å². The molecule has 0 amide bonds. The molecule has 1 rings (SSSR count). The van der Waals surface area contributed by atoms with E-state index < -0.39 is 0 Å². The molecule has 0 saturated heterocycles. The van der Waals surface area contributed by atoms with Crippen molar-refractivity contribution in [2.45, 2.75) is 51.5 Å². The van der Waals surface area contributed by atoms with Gasteiger partial charge >= 0.3 is 0 Å². The Labute approximate surface area is 81.7 Å². The van der Waals surface area contributed by atoms with Gasteiger partial charge in [-0.25, -0.2) is 0 Å². The van der Waals surface area contributed by atoms with Crippen LogP contribution in [0, 0.1) is 5.92 Å². The average molecular weight is 193 g/mol. The third-order valence-corrected chi connectivity index (χ3v) is 2.70. The van der Waals surface area contributed by atoms with Crippen LogP contribution in [0.1, 0.15) is 45.4 Å². The van der Waals surface area contributed by atoms with Crippen molar-refractivity contribution in [1.82, 2.24) is 5.43 Å². The molecule has 0 aromatic rings. The molecule has 0 aromatic heterocycles. The zero-order valence-electron chi connectivity index (χ0n) is 7.88. The molecule has 3 heteroatoms. The Morgan fingerprint density at radius 2 is 1.92 bits per heavy atom. The van der Waals surface area contributed by atoms with Crippen molar-refractivity contribution < 1.29 is 0 Å². The second kappa shape index (κ2) is 6.70. The molecule has 0 heterocycles. The summed E-state index contributed by atoms with van der Waals surface area (Å²) in [5.41, 5.74) is 2.81. The normalized spacial score (nSPS) is 21.5. The van der Waals surface area contributed by atoms with Gasteiger partial charge in [0.25, 0.3) is 0 Å². The zero-order valence-corrected chi connectivity index (χ0v) is 8.70. The van der Waals surface area contributed by atoms with Crippen LogP contribution in [0.25, 0.3) is 0 Å². The standard InChI is InChI=1S/C9H20N2.ClH/c1-8(11-10)7-9-5-3-2-4-6-9;/h8-9,11H,2-7,10H2,1H3;1H. The lowest BCUT2D eigenvalue weighted by molar-refractivity contribution is 0.306. The van der Waals surface area contributed by atoms with Crippen LogP contribution in [-0.2, 0) is 0 Å². The number of hydrogen-bond acceptors (Lipinski definition) is 2. The van der Waals surface area contributed by atoms with E-state index in [0.717, 1.165) is 5.92 Å². The predicted molar refractivity (Wildman–Crippen MR) is 55.2 cm³/mol. The van der Waals surface area contributed by atoms with E-state index in [1.165, 1.54) is 38.5 Å². The van der Waals surface area contributed by atoms with Gasteiger partial charge in [0.1, 0.15) is 0 Å². The summed E-state index contributed by atoms with van der Waals surface area (Å²) in [5, 5.41) is 0. The number of halogens is 1. The number of rotatable bonds is 3. The molecule has 1 unspecified atom stereocenters. The molecule has 3 N–H and O–H groups in total. The van der Waals surface area contributed by atoms with Crippen LogP contribution in [0.2, 0.25) is 0 Å². The van der Waals surface area contributed by atoms with Gasteiger partial charge in [0.2, 0.25) is 0 Å². The summed E-state index contributed by atoms with van der Waals surface area (Å²) in [6.45, 7) is 2.16. The Morgan fingerprint density at radius 1 is 1.33 bits per heavy atom. The topological polar surface area (TPSA) is 38.0 Å². The second-order valence-corrected chi connectivity index (χ2v) is 3.81. The molecule has 1 aliphatic rings. The molecular weight excluding hydrogens is 172 g/mol. The van der Waals surface area contributed by atoms with Gasteiger partial charge in [-0.15, -0.1) is 12.4 Å². The van der Waals surface area contributed by atoms with Crippen molar-refractivity contribution >= 4 is 12.4 Å². The predicted octanol–water partition coefficient (Wildman–Crippen LogP) is 2.23. The summed E-state index contributed by atoms with van der Waals surface area (Å²) < 4.78 is 0. The van der Waals surface area contributed by atoms with E-state index in [1.54, 1.807) is 0 Å². The summed E-state index contributed by atoms with van der Waals surface area (Å²) >= 11 is 0. The first-order valence-electron chi connectivity index (χ1n) is 4.79. The van der Waals surface area contributed by atoms with Crippen molar-refractivity contribution in [1.29, 1.82) is 0 Å². The molecule has 1 aliphatic carbocycles. The monoisotopic (exact) mass is 192 g/mol. The van der Waals surface area contributed by atoms with E-state index in [2.05, 4.69) is 12.3 Å². The Balaban J connectivity index is 0.00000121. The fraction of sp³-hybridized carbons (Fsp3) is 1.00. The third kappa shape index (κ3) is 4.29. The van der Waals surface area contributed by atoms with Crippen LogP contribution in [0.4, 0.5) is 0 Å². The Morgan fingerprint density at radius 3 is 2.42 bits per heavy atom. The summed E-state index contributed by atoms with van der Waals surface area (Å²) in [7, 11) is 0. The van der Waals surface area contributed by atoms with Crippen LogP contribution in [0.3, 0.4) is 0 Å². The molecule has 1 fully saturated rings. The van der Waals surface area contributed by atoms with Crippen LogP contribution in [0.15, 0.2) is 0 Å². The number of hydrazine groups is 1. The van der Waals surface area contributed by atoms with Gasteiger partial charge < -0.3 is 0 Å². The number of hydrogen-bond donors (Lipinski definition) is 2. The van der Waals surface area contributed by atoms with Gasteiger partial charge in [-0.05, 0) is 19.3 Å². The van der Waals surface area contributed by atoms with Crippen LogP contribution in [0.5, 0.6) is 0 Å². The van der Waals surface area contributed by atoms with E-state index in [4.69, 9.17) is 5.84 Å². The Kier molecular flexibility index (Phi) is 6.81. The highest BCUT2D eigenvalue weighted by Crippen LogP contribution is 2.26. The van der Waals surface area contributed by atoms with E-state index in [0.29, 0.717) is 6.04 Å². The van der Waals surface area contributed by atoms with Crippen molar-refractivity contribution in [3.05, 3.63) is 0 Å². The maximum atomic E-state index is 5.34. The third-order valence-electron chi connectivity index (χ3n) is 2.70. The van der Waals surface area contributed by atoms with E-state index in [-0.39, 0.29) is 12.4 Å². The summed E-state index contributed by atoms with van der Waals surface area (Å²) in [6.07, 6.45) is 8.42. The first-order valence-corrected chi connectivity index (χ1v) is 4.79. The van der Waals surface area contributed by atoms with Gasteiger partial charge in [0.15, 0.2) is 0 Å². The van der Waals surface area contributed by atoms with Gasteiger partial charge in [0.05, 0.1) is 0 Å². The maximum Gasteiger partial charge on any atom is 0.0184 e. The lowest BCUT2D eigenvalue weighted by Gasteiger charge is -2.24. The SMILES string of the molecule is CC(CC1CCCCC1)NN.Cl. The van der Waals surface area contributed by atoms with Crippen molar-refractivity contribution in [2.24, 2.45) is 11.8 Å². The average Bonchev–Trinajstić information content (AvgIpc) is 2.06. The van der Waals surface area contributed by atoms with Crippen LogP contribution >= 0.6 is 12.4 Å². The minimum absolute atomic E-state index is 0. The molecule has 1 saturated carbocycles. The highest BCUT2D eigenvalue weighted by atomic mass is 35.5. The van der Waals surface area contributed by atoms with Crippen molar-refractivity contribution in [3.63, 3.8) is 0 Å². The van der Waals surface area contributed by atoms with E-state index >= 15 is 0 Å². The lowest BCUT2D eigenvalue weighted by Crippen LogP contribution is -2.34. The zero-order chi connectivity index (χ0) is 8.10. The summed E-state index contributed by atoms with van der Waals surface area (Å²) in [6, 6.07) is 0.498. The minimum Gasteiger partial charge on any atom is -0.271 e. The minimum atomic E-state index is 0. The molecule has 2 nitrogen and oxygen atoms in total. The summed E-state index contributed by atoms with van der Waals surface area (Å²) in [4.78, 5) is 0. The van der Waals surface area contributed by atoms with Gasteiger partial charge in [-0.1, -0.05) is 32.1 Å². The molecule has 0 aliphatic heterocycles. The van der Waals surface area contributed by atoms with Gasteiger partial charge in [-0.3, -0.25) is 11.3 Å². The largest absolute Gasteiger partial charge is 0.271 e. The first-order chi connectivity index (χ1) is 5.33. The Hall–Kier alpha value is 0.210. The molecule has 0 aromatic carbocycles. The second-order valence-electron chi connectivity index (χ2n) is 3.81. The first kappa shape index (κ1) is 12.2. The van der Waals surface area contributed by atoms with Crippen molar-refractivity contribution in [2.75, 3.05) is 0 Å². The molecule has 0 bridgehead atoms. The highest BCUT2D eigenvalue weighted by Gasteiger charge is 2.15. The van der Waals surface area contributed by atoms with Crippen LogP contribution < -0.4 is 11.3 Å².